The number of anilines is 3. The van der Waals surface area contributed by atoms with Gasteiger partial charge < -0.3 is 48.7 Å². The Hall–Kier alpha value is -12.6. The third-order valence-electron chi connectivity index (χ3n) is 22.9. The van der Waals surface area contributed by atoms with E-state index in [1.807, 2.05) is 4.90 Å². The van der Waals surface area contributed by atoms with Crippen LogP contribution in [0.2, 0.25) is 0 Å². The minimum atomic E-state index is -4.46. The number of halogens is 9. The van der Waals surface area contributed by atoms with Gasteiger partial charge in [-0.15, -0.1) is 0 Å². The van der Waals surface area contributed by atoms with Crippen LogP contribution in [0.15, 0.2) is 116 Å². The predicted molar refractivity (Wildman–Crippen MR) is 408 cm³/mol. The van der Waals surface area contributed by atoms with Crippen LogP contribution < -0.4 is 34.0 Å². The normalized spacial score (nSPS) is 20.9. The number of nitrogens with zero attached hydrogens (tertiary/aromatic N) is 15. The Kier molecular flexibility index (Phi) is 21.9. The summed E-state index contributed by atoms with van der Waals surface area (Å²) in [4.78, 5) is 79.0. The van der Waals surface area contributed by atoms with E-state index in [0.29, 0.717) is 89.9 Å². The SMILES string of the molecule is C=CC(=O)N1CCC2(CC(n3nc(-c4cnn(Cc5cccc(C(F)(F)F)c5)c4)c(C(N)=O)c3NC)C2)C1.CC#CC(=O)N1CCC2(CC(n3nc(-c4cn(Cc5cccc(C(F)(F)F)c5)nc4C)c(C(N)=O)c3N)C2)C1.CC#CC(=O)N1CCC2(CC(n3nc(-c4cnn([C@H](C)c5cccc(C(F)(F)F)c5)c4)c(C(N)=O)c3N)C2)C1. The van der Waals surface area contributed by atoms with Crippen LogP contribution in [-0.4, -0.2) is 155 Å². The van der Waals surface area contributed by atoms with Crippen molar-refractivity contribution in [3.63, 3.8) is 0 Å². The first-order valence-corrected chi connectivity index (χ1v) is 37.3. The Morgan fingerprint density at radius 1 is 0.560 bits per heavy atom. The van der Waals surface area contributed by atoms with Gasteiger partial charge >= 0.3 is 18.5 Å². The number of nitrogens with two attached hydrogens (primary N) is 5. The molecule has 3 aliphatic heterocycles. The van der Waals surface area contributed by atoms with Gasteiger partial charge in [0, 0.05) is 81.6 Å². The summed E-state index contributed by atoms with van der Waals surface area (Å²) in [7, 11) is 1.69. The third-order valence-corrected chi connectivity index (χ3v) is 22.9. The molecule has 15 rings (SSSR count). The monoisotopic (exact) mass is 1610 g/mol. The van der Waals surface area contributed by atoms with Gasteiger partial charge in [-0.05, 0) is 173 Å². The number of benzene rings is 3. The number of hydrogen-bond donors (Lipinski definition) is 6. The van der Waals surface area contributed by atoms with Crippen molar-refractivity contribution in [1.82, 2.24) is 73.4 Å². The Morgan fingerprint density at radius 3 is 1.47 bits per heavy atom. The van der Waals surface area contributed by atoms with E-state index in [2.05, 4.69) is 61.1 Å². The van der Waals surface area contributed by atoms with Crippen LogP contribution in [-0.2, 0) is 46.0 Å². The average Bonchev–Trinajstić information content (AvgIpc) is 1.59. The minimum absolute atomic E-state index is 0.0169. The maximum Gasteiger partial charge on any atom is 0.416 e. The molecule has 3 aromatic carbocycles. The topological polar surface area (TPSA) is 361 Å². The molecule has 1 atom stereocenters. The van der Waals surface area contributed by atoms with Crippen molar-refractivity contribution >= 4 is 52.9 Å². The van der Waals surface area contributed by atoms with Crippen molar-refractivity contribution in [3.05, 3.63) is 172 Å². The molecule has 36 heteroatoms. The van der Waals surface area contributed by atoms with Crippen LogP contribution >= 0.6 is 0 Å². The number of likely N-dealkylation sites (tertiary alicyclic amines) is 3. The second-order valence-electron chi connectivity index (χ2n) is 30.7. The lowest BCUT2D eigenvalue weighted by atomic mass is 9.65. The predicted octanol–water partition coefficient (Wildman–Crippen LogP) is 10.7. The zero-order valence-electron chi connectivity index (χ0n) is 63.9. The summed E-state index contributed by atoms with van der Waals surface area (Å²) in [5.74, 6) is 8.73. The Balaban J connectivity index is 0.000000151. The van der Waals surface area contributed by atoms with Crippen LogP contribution in [0.5, 0.6) is 0 Å². The summed E-state index contributed by atoms with van der Waals surface area (Å²) >= 11 is 0. The zero-order valence-corrected chi connectivity index (χ0v) is 63.9. The van der Waals surface area contributed by atoms with Gasteiger partial charge in [0.25, 0.3) is 29.5 Å². The number of nitrogens with one attached hydrogen (secondary N) is 1. The second-order valence-corrected chi connectivity index (χ2v) is 30.7. The molecule has 27 nitrogen and oxygen atoms in total. The van der Waals surface area contributed by atoms with Crippen LogP contribution in [0, 0.1) is 46.9 Å². The molecule has 6 fully saturated rings. The highest BCUT2D eigenvalue weighted by Crippen LogP contribution is 2.58. The fourth-order valence-electron chi connectivity index (χ4n) is 17.2. The van der Waals surface area contributed by atoms with Crippen molar-refractivity contribution in [3.8, 4) is 57.5 Å². The number of carbonyl (C=O) groups excluding carboxylic acids is 6. The molecule has 608 valence electrons. The first-order chi connectivity index (χ1) is 54.9. The number of alkyl halides is 9. The van der Waals surface area contributed by atoms with Crippen molar-refractivity contribution in [2.24, 2.45) is 33.4 Å². The average molecular weight is 1610 g/mol. The van der Waals surface area contributed by atoms with E-state index in [0.717, 1.165) is 94.2 Å². The molecule has 6 aliphatic rings. The highest BCUT2D eigenvalue weighted by Gasteiger charge is 2.54. The van der Waals surface area contributed by atoms with Gasteiger partial charge in [0.1, 0.15) is 51.2 Å². The van der Waals surface area contributed by atoms with Crippen LogP contribution in [0.25, 0.3) is 33.8 Å². The fourth-order valence-corrected chi connectivity index (χ4v) is 17.2. The van der Waals surface area contributed by atoms with E-state index in [9.17, 15) is 68.3 Å². The maximum absolute atomic E-state index is 13.2. The molecule has 0 bridgehead atoms. The number of rotatable bonds is 17. The van der Waals surface area contributed by atoms with Gasteiger partial charge in [-0.1, -0.05) is 54.8 Å². The van der Waals surface area contributed by atoms with Gasteiger partial charge in [0.05, 0.1) is 72.0 Å². The van der Waals surface area contributed by atoms with E-state index in [-0.39, 0.29) is 105 Å². The molecule has 9 aromatic rings. The van der Waals surface area contributed by atoms with Crippen LogP contribution in [0.4, 0.5) is 57.0 Å². The molecule has 9 heterocycles. The Morgan fingerprint density at radius 2 is 0.983 bits per heavy atom. The van der Waals surface area contributed by atoms with E-state index in [4.69, 9.17) is 33.8 Å². The minimum Gasteiger partial charge on any atom is -0.383 e. The number of amides is 6. The highest BCUT2D eigenvalue weighted by atomic mass is 19.4. The molecule has 3 saturated heterocycles. The molecule has 0 radical (unpaired) electrons. The molecule has 3 saturated carbocycles. The van der Waals surface area contributed by atoms with Gasteiger partial charge in [0.2, 0.25) is 5.91 Å². The van der Waals surface area contributed by atoms with Gasteiger partial charge in [0.15, 0.2) is 0 Å². The summed E-state index contributed by atoms with van der Waals surface area (Å²) in [6, 6.07) is 14.5. The number of aromatic nitrogens is 12. The van der Waals surface area contributed by atoms with Gasteiger partial charge in [-0.2, -0.15) is 70.1 Å². The quantitative estimate of drug-likeness (QED) is 0.0280. The first kappa shape index (κ1) is 81.4. The first-order valence-electron chi connectivity index (χ1n) is 37.3. The van der Waals surface area contributed by atoms with E-state index in [1.165, 1.54) is 50.7 Å². The molecule has 0 unspecified atom stereocenters. The highest BCUT2D eigenvalue weighted by molar-refractivity contribution is 6.05. The second kappa shape index (κ2) is 31.3. The molecule has 6 aromatic heterocycles. The van der Waals surface area contributed by atoms with Gasteiger partial charge in [-0.3, -0.25) is 42.8 Å². The summed E-state index contributed by atoms with van der Waals surface area (Å²) < 4.78 is 128. The van der Waals surface area contributed by atoms with Crippen molar-refractivity contribution in [2.75, 3.05) is 63.1 Å². The Bertz CT molecular complexity index is 5480. The van der Waals surface area contributed by atoms with E-state index < -0.39 is 59.0 Å². The molecular weight excluding hydrogens is 1520 g/mol. The lowest BCUT2D eigenvalue weighted by Crippen LogP contribution is -2.42. The van der Waals surface area contributed by atoms with E-state index >= 15 is 0 Å². The zero-order chi connectivity index (χ0) is 83.5. The molecule has 3 aliphatic carbocycles. The number of nitrogen functional groups attached to an aromatic ring is 2. The summed E-state index contributed by atoms with van der Waals surface area (Å²) in [5.41, 5.74) is 32.2. The van der Waals surface area contributed by atoms with Crippen LogP contribution in [0.1, 0.15) is 173 Å². The standard InChI is InChI=1S/2C27H28F3N7O2.C26H28F3N7O2/c1-3-5-21(38)35-9-8-26(15-35)11-20(12-26)37-24(31)22(25(32)39)23(34-37)18-13-33-36(14-18)16(2)17-6-4-7-19(10-17)27(28,29)30;1-3-5-21(38)35-9-8-26(15-35)11-19(12-26)37-24(31)22(25(32)39)23(34-37)20-14-36(33-16(20)2)13-17-6-4-7-18(10-17)27(28,29)30;1-3-20(37)34-8-7-25(15-34)10-19(11-25)36-24(31-2)21(23(30)38)22(33-36)17-12-32-35(14-17)13-16-5-4-6-18(9-16)26(27,28)29/h4,6-7,10,13-14,16,20H,8-9,11-12,15,31H2,1-2H3,(H2,32,39);4,6-7,10,14,19H,8-9,11-13,15,31H2,1-2H3,(H2,32,39);3-6,9,12,14,19,31H,1,7-8,10-11,13,15H2,2H3,(H2,30,38)/t16-,20?,26?;;/m1../s1. The maximum atomic E-state index is 13.2. The Labute approximate surface area is 659 Å². The lowest BCUT2D eigenvalue weighted by molar-refractivity contribution is -0.138. The number of hydrogen-bond acceptors (Lipinski definition) is 15. The largest absolute Gasteiger partial charge is 0.416 e. The van der Waals surface area contributed by atoms with Crippen molar-refractivity contribution in [1.29, 1.82) is 0 Å². The molecule has 11 N–H and O–H groups in total. The molecule has 3 spiro atoms. The fraction of sp³-hybridized carbons (Fsp3) is 0.400. The van der Waals surface area contributed by atoms with E-state index in [1.54, 1.807) is 95.4 Å². The number of primary amides is 3. The molecule has 6 amide bonds. The molecule has 116 heavy (non-hydrogen) atoms. The van der Waals surface area contributed by atoms with Crippen molar-refractivity contribution in [2.45, 2.75) is 141 Å². The summed E-state index contributed by atoms with van der Waals surface area (Å²) in [5, 5.41) is 30.1. The third kappa shape index (κ3) is 16.3. The van der Waals surface area contributed by atoms with Gasteiger partial charge in [-0.25, -0.2) is 14.0 Å². The number of carbonyl (C=O) groups is 6. The summed E-state index contributed by atoms with van der Waals surface area (Å²) in [6.45, 7) is 14.4. The lowest BCUT2D eigenvalue weighted by Gasteiger charge is -2.45. The smallest absolute Gasteiger partial charge is 0.383 e. The number of aryl methyl sites for hydroxylation is 1. The van der Waals surface area contributed by atoms with Crippen LogP contribution in [0.3, 0.4) is 0 Å². The molecular formula is C80H84F9N21O6. The summed E-state index contributed by atoms with van der Waals surface area (Å²) in [6.07, 6.45) is 3.07. The van der Waals surface area contributed by atoms with Crippen molar-refractivity contribution < 1.29 is 68.3 Å².